The smallest absolute Gasteiger partial charge is 0.302 e. The second-order valence-corrected chi connectivity index (χ2v) is 3.41. The molecule has 0 spiro atoms. The lowest BCUT2D eigenvalue weighted by atomic mass is 10.1. The van der Waals surface area contributed by atoms with Crippen molar-refractivity contribution in [3.05, 3.63) is 0 Å². The van der Waals surface area contributed by atoms with Crippen LogP contribution in [0.2, 0.25) is 0 Å². The topological polar surface area (TPSA) is 29.5 Å². The minimum Gasteiger partial charge on any atom is -0.466 e. The molecule has 1 atom stereocenters. The van der Waals surface area contributed by atoms with Crippen LogP contribution in [0.3, 0.4) is 0 Å². The molecule has 3 heteroatoms. The van der Waals surface area contributed by atoms with Gasteiger partial charge in [-0.05, 0) is 32.9 Å². The van der Waals surface area contributed by atoms with E-state index in [0.29, 0.717) is 12.6 Å². The van der Waals surface area contributed by atoms with E-state index in [4.69, 9.17) is 4.74 Å². The molecule has 0 bridgehead atoms. The fourth-order valence-electron chi connectivity index (χ4n) is 1.68. The number of nitrogens with zero attached hydrogens (tertiary/aromatic N) is 1. The molecule has 1 aliphatic heterocycles. The van der Waals surface area contributed by atoms with Crippen LogP contribution in [0.15, 0.2) is 0 Å². The van der Waals surface area contributed by atoms with E-state index in [1.54, 1.807) is 0 Å². The maximum Gasteiger partial charge on any atom is 0.302 e. The van der Waals surface area contributed by atoms with Gasteiger partial charge in [-0.3, -0.25) is 4.79 Å². The number of carbonyl (C=O) groups excluding carboxylic acids is 1. The number of esters is 1. The normalized spacial score (nSPS) is 24.3. The summed E-state index contributed by atoms with van der Waals surface area (Å²) in [5.74, 6) is -0.171. The maximum atomic E-state index is 10.5. The second-order valence-electron chi connectivity index (χ2n) is 3.41. The Morgan fingerprint density at radius 2 is 2.42 bits per heavy atom. The van der Waals surface area contributed by atoms with E-state index in [1.165, 1.54) is 26.3 Å². The molecular formula is C9H17NO2. The van der Waals surface area contributed by atoms with Crippen molar-refractivity contribution in [2.24, 2.45) is 0 Å². The van der Waals surface area contributed by atoms with Crippen LogP contribution in [0, 0.1) is 0 Å². The lowest BCUT2D eigenvalue weighted by molar-refractivity contribution is -0.141. The van der Waals surface area contributed by atoms with Crippen LogP contribution in [-0.4, -0.2) is 37.1 Å². The summed E-state index contributed by atoms with van der Waals surface area (Å²) in [6.45, 7) is 3.22. The van der Waals surface area contributed by atoms with Gasteiger partial charge in [-0.15, -0.1) is 0 Å². The van der Waals surface area contributed by atoms with Gasteiger partial charge < -0.3 is 9.64 Å². The van der Waals surface area contributed by atoms with Gasteiger partial charge >= 0.3 is 5.97 Å². The van der Waals surface area contributed by atoms with Gasteiger partial charge in [0, 0.05) is 13.0 Å². The quantitative estimate of drug-likeness (QED) is 0.594. The molecular weight excluding hydrogens is 154 g/mol. The third-order valence-electron chi connectivity index (χ3n) is 2.43. The molecule has 70 valence electrons. The molecule has 1 heterocycles. The number of carbonyl (C=O) groups is 1. The fraction of sp³-hybridized carbons (Fsp3) is 0.889. The zero-order valence-electron chi connectivity index (χ0n) is 7.88. The zero-order chi connectivity index (χ0) is 8.97. The van der Waals surface area contributed by atoms with Crippen LogP contribution in [0.25, 0.3) is 0 Å². The maximum absolute atomic E-state index is 10.5. The summed E-state index contributed by atoms with van der Waals surface area (Å²) in [4.78, 5) is 12.8. The van der Waals surface area contributed by atoms with Crippen LogP contribution in [0.5, 0.6) is 0 Å². The lowest BCUT2D eigenvalue weighted by Gasteiger charge is -2.18. The van der Waals surface area contributed by atoms with E-state index >= 15 is 0 Å². The summed E-state index contributed by atoms with van der Waals surface area (Å²) in [7, 11) is 2.13. The lowest BCUT2D eigenvalue weighted by Crippen LogP contribution is -2.26. The van der Waals surface area contributed by atoms with E-state index in [9.17, 15) is 4.79 Å². The Kier molecular flexibility index (Phi) is 3.53. The molecule has 0 radical (unpaired) electrons. The SMILES string of the molecule is CC(=O)OCCC1CCCN1C. The minimum atomic E-state index is -0.171. The van der Waals surface area contributed by atoms with Crippen molar-refractivity contribution in [3.8, 4) is 0 Å². The molecule has 1 unspecified atom stereocenters. The third kappa shape index (κ3) is 2.81. The van der Waals surface area contributed by atoms with Gasteiger partial charge in [-0.2, -0.15) is 0 Å². The highest BCUT2D eigenvalue weighted by atomic mass is 16.5. The van der Waals surface area contributed by atoms with E-state index in [0.717, 1.165) is 6.42 Å². The molecule has 0 aromatic heterocycles. The van der Waals surface area contributed by atoms with Gasteiger partial charge in [-0.25, -0.2) is 0 Å². The molecule has 1 rings (SSSR count). The number of likely N-dealkylation sites (tertiary alicyclic amines) is 1. The predicted molar refractivity (Wildman–Crippen MR) is 46.9 cm³/mol. The summed E-state index contributed by atoms with van der Waals surface area (Å²) >= 11 is 0. The molecule has 1 fully saturated rings. The highest BCUT2D eigenvalue weighted by Gasteiger charge is 2.20. The van der Waals surface area contributed by atoms with Crippen LogP contribution in [0.1, 0.15) is 26.2 Å². The standard InChI is InChI=1S/C9H17NO2/c1-8(11)12-7-5-9-4-3-6-10(9)2/h9H,3-7H2,1-2H3. The average Bonchev–Trinajstić information content (AvgIpc) is 2.36. The third-order valence-corrected chi connectivity index (χ3v) is 2.43. The van der Waals surface area contributed by atoms with Gasteiger partial charge in [0.05, 0.1) is 6.61 Å². The molecule has 0 amide bonds. The molecule has 1 saturated heterocycles. The van der Waals surface area contributed by atoms with E-state index in [2.05, 4.69) is 11.9 Å². The monoisotopic (exact) mass is 171 g/mol. The molecule has 12 heavy (non-hydrogen) atoms. The van der Waals surface area contributed by atoms with Crippen LogP contribution < -0.4 is 0 Å². The van der Waals surface area contributed by atoms with Crippen molar-refractivity contribution in [1.82, 2.24) is 4.90 Å². The Morgan fingerprint density at radius 1 is 1.67 bits per heavy atom. The fourth-order valence-corrected chi connectivity index (χ4v) is 1.68. The van der Waals surface area contributed by atoms with Crippen molar-refractivity contribution in [1.29, 1.82) is 0 Å². The first-order valence-corrected chi connectivity index (χ1v) is 4.54. The molecule has 0 saturated carbocycles. The predicted octanol–water partition coefficient (Wildman–Crippen LogP) is 1.03. The Hall–Kier alpha value is -0.570. The second kappa shape index (κ2) is 4.45. The van der Waals surface area contributed by atoms with Gasteiger partial charge in [0.15, 0.2) is 0 Å². The van der Waals surface area contributed by atoms with Crippen LogP contribution in [-0.2, 0) is 9.53 Å². The van der Waals surface area contributed by atoms with Gasteiger partial charge in [0.25, 0.3) is 0 Å². The first-order chi connectivity index (χ1) is 5.70. The van der Waals surface area contributed by atoms with E-state index in [1.807, 2.05) is 0 Å². The van der Waals surface area contributed by atoms with Crippen molar-refractivity contribution in [3.63, 3.8) is 0 Å². The van der Waals surface area contributed by atoms with Crippen LogP contribution >= 0.6 is 0 Å². The Balaban J connectivity index is 2.10. The first kappa shape index (κ1) is 9.52. The summed E-state index contributed by atoms with van der Waals surface area (Å²) in [5.41, 5.74) is 0. The Morgan fingerprint density at radius 3 is 2.92 bits per heavy atom. The summed E-state index contributed by atoms with van der Waals surface area (Å²) in [6.07, 6.45) is 3.51. The zero-order valence-corrected chi connectivity index (χ0v) is 7.88. The Labute approximate surface area is 73.7 Å². The number of hydrogen-bond donors (Lipinski definition) is 0. The highest BCUT2D eigenvalue weighted by Crippen LogP contribution is 2.17. The van der Waals surface area contributed by atoms with Crippen molar-refractivity contribution in [2.75, 3.05) is 20.2 Å². The van der Waals surface area contributed by atoms with Crippen molar-refractivity contribution >= 4 is 5.97 Å². The van der Waals surface area contributed by atoms with Crippen molar-refractivity contribution < 1.29 is 9.53 Å². The average molecular weight is 171 g/mol. The molecule has 0 aliphatic carbocycles. The number of hydrogen-bond acceptors (Lipinski definition) is 3. The van der Waals surface area contributed by atoms with Crippen molar-refractivity contribution in [2.45, 2.75) is 32.2 Å². The molecule has 0 N–H and O–H groups in total. The van der Waals surface area contributed by atoms with Gasteiger partial charge in [-0.1, -0.05) is 0 Å². The molecule has 1 aliphatic rings. The summed E-state index contributed by atoms with van der Waals surface area (Å²) in [5, 5.41) is 0. The van der Waals surface area contributed by atoms with Gasteiger partial charge in [0.1, 0.15) is 0 Å². The Bertz CT molecular complexity index is 159. The largest absolute Gasteiger partial charge is 0.466 e. The number of ether oxygens (including phenoxy) is 1. The van der Waals surface area contributed by atoms with Gasteiger partial charge in [0.2, 0.25) is 0 Å². The summed E-state index contributed by atoms with van der Waals surface area (Å²) in [6, 6.07) is 0.629. The van der Waals surface area contributed by atoms with E-state index in [-0.39, 0.29) is 5.97 Å². The van der Waals surface area contributed by atoms with Crippen LogP contribution in [0.4, 0.5) is 0 Å². The first-order valence-electron chi connectivity index (χ1n) is 4.54. The molecule has 0 aromatic carbocycles. The van der Waals surface area contributed by atoms with E-state index < -0.39 is 0 Å². The highest BCUT2D eigenvalue weighted by molar-refractivity contribution is 5.65. The minimum absolute atomic E-state index is 0.171. The molecule has 0 aromatic rings. The summed E-state index contributed by atoms with van der Waals surface area (Å²) < 4.78 is 4.89. The number of rotatable bonds is 3. The molecule has 3 nitrogen and oxygen atoms in total.